The molecule has 4 nitrogen and oxygen atoms in total. The van der Waals surface area contributed by atoms with Crippen LogP contribution in [0.25, 0.3) is 0 Å². The van der Waals surface area contributed by atoms with Gasteiger partial charge >= 0.3 is 6.18 Å². The van der Waals surface area contributed by atoms with Crippen LogP contribution in [0.5, 0.6) is 0 Å². The van der Waals surface area contributed by atoms with Gasteiger partial charge in [-0.2, -0.15) is 13.2 Å². The minimum absolute atomic E-state index is 0.00925. The zero-order valence-corrected chi connectivity index (χ0v) is 14.9. The summed E-state index contributed by atoms with van der Waals surface area (Å²) < 4.78 is 48.9. The van der Waals surface area contributed by atoms with Gasteiger partial charge in [-0.3, -0.25) is 4.79 Å². The average Bonchev–Trinajstić information content (AvgIpc) is 2.55. The van der Waals surface area contributed by atoms with Crippen LogP contribution in [0.4, 0.5) is 13.2 Å². The van der Waals surface area contributed by atoms with Crippen molar-refractivity contribution in [3.63, 3.8) is 0 Å². The highest BCUT2D eigenvalue weighted by atomic mass is 19.4. The minimum Gasteiger partial charge on any atom is -0.379 e. The molecule has 1 fully saturated rings. The molecule has 0 unspecified atom stereocenters. The Balaban J connectivity index is 1.89. The second-order valence-electron chi connectivity index (χ2n) is 6.56. The second kappa shape index (κ2) is 9.19. The number of carbonyl (C=O) groups is 1. The van der Waals surface area contributed by atoms with Crippen LogP contribution in [0.1, 0.15) is 31.4 Å². The van der Waals surface area contributed by atoms with E-state index in [0.29, 0.717) is 31.8 Å². The maximum Gasteiger partial charge on any atom is 0.416 e. The second-order valence-corrected chi connectivity index (χ2v) is 6.56. The van der Waals surface area contributed by atoms with Crippen molar-refractivity contribution in [2.24, 2.45) is 0 Å². The molecule has 144 valence electrons. The first kappa shape index (κ1) is 20.5. The molecule has 1 heterocycles. The fourth-order valence-electron chi connectivity index (χ4n) is 2.65. The number of nitrogens with one attached hydrogen (secondary N) is 1. The van der Waals surface area contributed by atoms with Gasteiger partial charge in [0.2, 0.25) is 5.91 Å². The quantitative estimate of drug-likeness (QED) is 0.779. The summed E-state index contributed by atoms with van der Waals surface area (Å²) in [5.41, 5.74) is 0.948. The highest BCUT2D eigenvalue weighted by Gasteiger charge is 2.30. The maximum absolute atomic E-state index is 12.6. The molecule has 0 saturated carbocycles. The number of hydrogen-bond acceptors (Lipinski definition) is 3. The molecule has 1 N–H and O–H groups in total. The number of allylic oxidation sites excluding steroid dienone is 1. The lowest BCUT2D eigenvalue weighted by Crippen LogP contribution is -2.51. The van der Waals surface area contributed by atoms with Crippen molar-refractivity contribution >= 4 is 5.91 Å². The molecule has 1 aromatic rings. The van der Waals surface area contributed by atoms with Crippen LogP contribution in [0.3, 0.4) is 0 Å². The lowest BCUT2D eigenvalue weighted by atomic mass is 10.0. The van der Waals surface area contributed by atoms with Crippen molar-refractivity contribution in [3.8, 4) is 0 Å². The third-order valence-electron chi connectivity index (χ3n) is 4.09. The van der Waals surface area contributed by atoms with Crippen molar-refractivity contribution in [2.75, 3.05) is 19.8 Å². The zero-order valence-electron chi connectivity index (χ0n) is 14.9. The number of benzene rings is 1. The Morgan fingerprint density at radius 3 is 2.62 bits per heavy atom. The normalized spacial score (nSPS) is 20.5. The molecule has 2 atom stereocenters. The Bertz CT molecular complexity index is 622. The summed E-state index contributed by atoms with van der Waals surface area (Å²) in [7, 11) is 0. The highest BCUT2D eigenvalue weighted by Crippen LogP contribution is 2.29. The molecule has 2 rings (SSSR count). The van der Waals surface area contributed by atoms with Gasteiger partial charge in [-0.1, -0.05) is 23.8 Å². The van der Waals surface area contributed by atoms with Gasteiger partial charge in [0.15, 0.2) is 0 Å². The van der Waals surface area contributed by atoms with Crippen LogP contribution < -0.4 is 5.32 Å². The Labute approximate surface area is 151 Å². The van der Waals surface area contributed by atoms with E-state index in [1.165, 1.54) is 12.1 Å². The number of halogens is 3. The molecule has 0 spiro atoms. The molecule has 0 bridgehead atoms. The Hall–Kier alpha value is -1.86. The maximum atomic E-state index is 12.6. The van der Waals surface area contributed by atoms with E-state index >= 15 is 0 Å². The van der Waals surface area contributed by atoms with Crippen molar-refractivity contribution in [2.45, 2.75) is 45.0 Å². The first-order chi connectivity index (χ1) is 12.3. The fraction of sp³-hybridized carbons (Fsp3) is 0.526. The van der Waals surface area contributed by atoms with Gasteiger partial charge in [0.25, 0.3) is 0 Å². The molecular weight excluding hydrogens is 347 g/mol. The molecule has 0 aromatic heterocycles. The van der Waals surface area contributed by atoms with E-state index in [-0.39, 0.29) is 24.5 Å². The van der Waals surface area contributed by atoms with Crippen LogP contribution in [0.15, 0.2) is 35.9 Å². The first-order valence-corrected chi connectivity index (χ1v) is 8.54. The number of hydrogen-bond donors (Lipinski definition) is 1. The lowest BCUT2D eigenvalue weighted by molar-refractivity contribution is -0.137. The fourth-order valence-corrected chi connectivity index (χ4v) is 2.65. The van der Waals surface area contributed by atoms with E-state index in [2.05, 4.69) is 5.32 Å². The summed E-state index contributed by atoms with van der Waals surface area (Å²) >= 11 is 0. The molecule has 1 saturated heterocycles. The summed E-state index contributed by atoms with van der Waals surface area (Å²) in [6, 6.07) is 4.34. The molecule has 1 aliphatic heterocycles. The van der Waals surface area contributed by atoms with Gasteiger partial charge in [-0.15, -0.1) is 0 Å². The number of amides is 1. The zero-order chi connectivity index (χ0) is 19.2. The Kier molecular flexibility index (Phi) is 7.23. The topological polar surface area (TPSA) is 47.6 Å². The summed E-state index contributed by atoms with van der Waals surface area (Å²) in [6.45, 7) is 5.37. The summed E-state index contributed by atoms with van der Waals surface area (Å²) in [5, 5.41) is 2.87. The van der Waals surface area contributed by atoms with E-state index in [9.17, 15) is 18.0 Å². The molecule has 7 heteroatoms. The third kappa shape index (κ3) is 6.46. The monoisotopic (exact) mass is 371 g/mol. The van der Waals surface area contributed by atoms with E-state index in [1.807, 2.05) is 19.9 Å². The van der Waals surface area contributed by atoms with Crippen LogP contribution >= 0.6 is 0 Å². The SMILES string of the molecule is CC(C)=CCO[C@H]1CCOC[C@H]1NC(=O)Cc1ccc(C(F)(F)F)cc1. The van der Waals surface area contributed by atoms with Gasteiger partial charge in [0.05, 0.1) is 37.3 Å². The van der Waals surface area contributed by atoms with Crippen molar-refractivity contribution in [1.82, 2.24) is 5.32 Å². The average molecular weight is 371 g/mol. The smallest absolute Gasteiger partial charge is 0.379 e. The van der Waals surface area contributed by atoms with E-state index in [4.69, 9.17) is 9.47 Å². The Morgan fingerprint density at radius 2 is 2.00 bits per heavy atom. The molecule has 26 heavy (non-hydrogen) atoms. The van der Waals surface area contributed by atoms with Crippen molar-refractivity contribution < 1.29 is 27.4 Å². The predicted molar refractivity (Wildman–Crippen MR) is 91.7 cm³/mol. The van der Waals surface area contributed by atoms with Crippen molar-refractivity contribution in [1.29, 1.82) is 0 Å². The van der Waals surface area contributed by atoms with E-state index in [0.717, 1.165) is 17.7 Å². The van der Waals surface area contributed by atoms with Crippen molar-refractivity contribution in [3.05, 3.63) is 47.0 Å². The molecular formula is C19H24F3NO3. The minimum atomic E-state index is -4.38. The highest BCUT2D eigenvalue weighted by molar-refractivity contribution is 5.79. The van der Waals surface area contributed by atoms with Crippen LogP contribution in [0.2, 0.25) is 0 Å². The van der Waals surface area contributed by atoms with Gasteiger partial charge in [-0.05, 0) is 38.0 Å². The molecule has 1 aliphatic rings. The van der Waals surface area contributed by atoms with Crippen LogP contribution in [-0.4, -0.2) is 37.9 Å². The number of carbonyl (C=O) groups excluding carboxylic acids is 1. The standard InChI is InChI=1S/C19H24F3NO3/c1-13(2)7-10-26-17-8-9-25-12-16(17)23-18(24)11-14-3-5-15(6-4-14)19(20,21)22/h3-7,16-17H,8-12H2,1-2H3,(H,23,24)/t16-,17+/m1/s1. The van der Waals surface area contributed by atoms with Gasteiger partial charge in [-0.25, -0.2) is 0 Å². The number of ether oxygens (including phenoxy) is 2. The van der Waals surface area contributed by atoms with E-state index in [1.54, 1.807) is 0 Å². The molecule has 0 aliphatic carbocycles. The largest absolute Gasteiger partial charge is 0.416 e. The number of alkyl halides is 3. The lowest BCUT2D eigenvalue weighted by Gasteiger charge is -2.32. The third-order valence-corrected chi connectivity index (χ3v) is 4.09. The molecule has 0 radical (unpaired) electrons. The van der Waals surface area contributed by atoms with Gasteiger partial charge < -0.3 is 14.8 Å². The van der Waals surface area contributed by atoms with Gasteiger partial charge in [0, 0.05) is 6.61 Å². The summed E-state index contributed by atoms with van der Waals surface area (Å²) in [5.74, 6) is -0.268. The molecule has 1 amide bonds. The van der Waals surface area contributed by atoms with Crippen LogP contribution in [0, 0.1) is 0 Å². The summed E-state index contributed by atoms with van der Waals surface area (Å²) in [4.78, 5) is 12.2. The predicted octanol–water partition coefficient (Wildman–Crippen LogP) is 3.50. The van der Waals surface area contributed by atoms with Gasteiger partial charge in [0.1, 0.15) is 0 Å². The Morgan fingerprint density at radius 1 is 1.31 bits per heavy atom. The molecule has 1 aromatic carbocycles. The van der Waals surface area contributed by atoms with Crippen LogP contribution in [-0.2, 0) is 26.9 Å². The number of rotatable bonds is 6. The summed E-state index contributed by atoms with van der Waals surface area (Å²) in [6.07, 6.45) is -1.86. The van der Waals surface area contributed by atoms with E-state index < -0.39 is 11.7 Å². The first-order valence-electron chi connectivity index (χ1n) is 8.54.